The molecule has 34 heavy (non-hydrogen) atoms. The van der Waals surface area contributed by atoms with Crippen LogP contribution >= 0.6 is 11.6 Å². The highest BCUT2D eigenvalue weighted by Crippen LogP contribution is 2.32. The van der Waals surface area contributed by atoms with E-state index in [1.807, 2.05) is 0 Å². The summed E-state index contributed by atoms with van der Waals surface area (Å²) >= 11 is 6.37. The zero-order valence-electron chi connectivity index (χ0n) is 17.5. The number of aliphatic hydroxyl groups is 2. The SMILES string of the molecule is O=C(Nc1ccc(C(F)(F)F)cn1)N1CC=C(c2ncc(N3C[C@@H](O)[C@@H](O)C3=O)cc2Cl)CC1. The first-order valence-electron chi connectivity index (χ1n) is 10.2. The quantitative estimate of drug-likeness (QED) is 0.599. The van der Waals surface area contributed by atoms with E-state index in [0.717, 1.165) is 17.7 Å². The zero-order valence-corrected chi connectivity index (χ0v) is 18.2. The molecule has 0 spiro atoms. The summed E-state index contributed by atoms with van der Waals surface area (Å²) in [4.78, 5) is 35.1. The van der Waals surface area contributed by atoms with Gasteiger partial charge in [0.2, 0.25) is 0 Å². The lowest BCUT2D eigenvalue weighted by Gasteiger charge is -2.27. The van der Waals surface area contributed by atoms with Gasteiger partial charge in [-0.25, -0.2) is 9.78 Å². The molecular formula is C21H19ClF3N5O4. The highest BCUT2D eigenvalue weighted by molar-refractivity contribution is 6.32. The van der Waals surface area contributed by atoms with E-state index in [4.69, 9.17) is 11.6 Å². The minimum absolute atomic E-state index is 0.000210. The number of hydrogen-bond donors (Lipinski definition) is 3. The fraction of sp³-hybridized carbons (Fsp3) is 0.333. The van der Waals surface area contributed by atoms with E-state index in [1.165, 1.54) is 22.1 Å². The summed E-state index contributed by atoms with van der Waals surface area (Å²) in [6, 6.07) is 2.93. The van der Waals surface area contributed by atoms with Crippen molar-refractivity contribution in [2.45, 2.75) is 24.8 Å². The van der Waals surface area contributed by atoms with Crippen LogP contribution in [0.1, 0.15) is 17.7 Å². The van der Waals surface area contributed by atoms with Gasteiger partial charge in [0.05, 0.1) is 34.7 Å². The second-order valence-electron chi connectivity index (χ2n) is 7.77. The van der Waals surface area contributed by atoms with Gasteiger partial charge in [-0.15, -0.1) is 0 Å². The molecule has 2 atom stereocenters. The van der Waals surface area contributed by atoms with E-state index in [0.29, 0.717) is 30.5 Å². The number of nitrogens with one attached hydrogen (secondary N) is 1. The van der Waals surface area contributed by atoms with Crippen LogP contribution in [0.25, 0.3) is 5.57 Å². The van der Waals surface area contributed by atoms with Crippen molar-refractivity contribution in [2.75, 3.05) is 29.9 Å². The topological polar surface area (TPSA) is 119 Å². The van der Waals surface area contributed by atoms with Gasteiger partial charge in [-0.3, -0.25) is 15.1 Å². The van der Waals surface area contributed by atoms with Crippen molar-refractivity contribution in [3.63, 3.8) is 0 Å². The highest BCUT2D eigenvalue weighted by atomic mass is 35.5. The number of nitrogens with zero attached hydrogens (tertiary/aromatic N) is 4. The molecular weight excluding hydrogens is 479 g/mol. The number of carbonyl (C=O) groups is 2. The van der Waals surface area contributed by atoms with Crippen molar-refractivity contribution in [3.05, 3.63) is 52.9 Å². The average molecular weight is 498 g/mol. The third-order valence-electron chi connectivity index (χ3n) is 5.52. The number of hydrogen-bond acceptors (Lipinski definition) is 6. The maximum atomic E-state index is 12.6. The molecule has 0 saturated carbocycles. The van der Waals surface area contributed by atoms with Crippen LogP contribution < -0.4 is 10.2 Å². The number of pyridine rings is 2. The second kappa shape index (κ2) is 9.20. The smallest absolute Gasteiger partial charge is 0.388 e. The molecule has 1 saturated heterocycles. The number of alkyl halides is 3. The first kappa shape index (κ1) is 23.9. The molecule has 0 radical (unpaired) electrons. The molecule has 9 nitrogen and oxygen atoms in total. The molecule has 3 N–H and O–H groups in total. The van der Waals surface area contributed by atoms with Crippen LogP contribution in [0.5, 0.6) is 0 Å². The number of rotatable bonds is 3. The van der Waals surface area contributed by atoms with Crippen molar-refractivity contribution in [3.8, 4) is 0 Å². The van der Waals surface area contributed by atoms with Gasteiger partial charge >= 0.3 is 12.2 Å². The Morgan fingerprint density at radius 3 is 2.50 bits per heavy atom. The third kappa shape index (κ3) is 4.83. The van der Waals surface area contributed by atoms with Crippen LogP contribution in [0.2, 0.25) is 5.02 Å². The molecule has 2 aromatic heterocycles. The molecule has 1 fully saturated rings. The Labute approximate surface area is 196 Å². The summed E-state index contributed by atoms with van der Waals surface area (Å²) in [7, 11) is 0. The summed E-state index contributed by atoms with van der Waals surface area (Å²) in [6.45, 7) is 0.448. The van der Waals surface area contributed by atoms with Gasteiger partial charge in [0.1, 0.15) is 11.9 Å². The molecule has 3 amide bonds. The normalized spacial score (nSPS) is 21.0. The van der Waals surface area contributed by atoms with Crippen molar-refractivity contribution < 1.29 is 33.0 Å². The van der Waals surface area contributed by atoms with Gasteiger partial charge in [-0.05, 0) is 30.2 Å². The number of aliphatic hydroxyl groups excluding tert-OH is 2. The van der Waals surface area contributed by atoms with Crippen LogP contribution in [0.15, 0.2) is 36.7 Å². The van der Waals surface area contributed by atoms with Gasteiger partial charge in [-0.2, -0.15) is 13.2 Å². The van der Waals surface area contributed by atoms with Crippen molar-refractivity contribution in [1.82, 2.24) is 14.9 Å². The van der Waals surface area contributed by atoms with E-state index < -0.39 is 35.9 Å². The van der Waals surface area contributed by atoms with Crippen LogP contribution in [0.3, 0.4) is 0 Å². The minimum Gasteiger partial charge on any atom is -0.388 e. The summed E-state index contributed by atoms with van der Waals surface area (Å²) in [5, 5.41) is 22.0. The molecule has 0 aromatic carbocycles. The minimum atomic E-state index is -4.51. The molecule has 13 heteroatoms. The Morgan fingerprint density at radius 1 is 1.21 bits per heavy atom. The molecule has 180 valence electrons. The van der Waals surface area contributed by atoms with E-state index >= 15 is 0 Å². The fourth-order valence-corrected chi connectivity index (χ4v) is 3.92. The number of carbonyl (C=O) groups excluding carboxylic acids is 2. The molecule has 0 unspecified atom stereocenters. The van der Waals surface area contributed by atoms with E-state index in [2.05, 4.69) is 15.3 Å². The highest BCUT2D eigenvalue weighted by Gasteiger charge is 2.39. The van der Waals surface area contributed by atoms with E-state index in [9.17, 15) is 33.0 Å². The average Bonchev–Trinajstić information content (AvgIpc) is 3.06. The molecule has 2 aliphatic rings. The standard InChI is InChI=1S/C21H19ClF3N5O4/c22-14-7-13(30-10-15(31)18(32)19(30)33)9-27-17(14)11-3-5-29(6-4-11)20(34)28-16-2-1-12(8-26-16)21(23,24)25/h1-3,7-9,15,18,31-32H,4-6,10H2,(H,26,28,34)/t15-,18-/m1/s1. The first-order valence-corrected chi connectivity index (χ1v) is 10.5. The zero-order chi connectivity index (χ0) is 24.6. The fourth-order valence-electron chi connectivity index (χ4n) is 3.64. The summed E-state index contributed by atoms with van der Waals surface area (Å²) in [5.74, 6) is -0.640. The van der Waals surface area contributed by atoms with E-state index in [-0.39, 0.29) is 23.9 Å². The molecule has 2 aromatic rings. The van der Waals surface area contributed by atoms with Gasteiger partial charge in [0, 0.05) is 19.3 Å². The molecule has 4 rings (SSSR count). The van der Waals surface area contributed by atoms with Gasteiger partial charge in [0.15, 0.2) is 6.10 Å². The van der Waals surface area contributed by atoms with Gasteiger partial charge < -0.3 is 20.0 Å². The second-order valence-corrected chi connectivity index (χ2v) is 8.18. The van der Waals surface area contributed by atoms with Gasteiger partial charge in [0.25, 0.3) is 5.91 Å². The van der Waals surface area contributed by atoms with Crippen molar-refractivity contribution in [1.29, 1.82) is 0 Å². The number of aromatic nitrogens is 2. The Balaban J connectivity index is 1.40. The van der Waals surface area contributed by atoms with E-state index in [1.54, 1.807) is 6.08 Å². The Bertz CT molecular complexity index is 1140. The molecule has 0 bridgehead atoms. The number of amides is 3. The number of urea groups is 1. The maximum absolute atomic E-state index is 12.6. The monoisotopic (exact) mass is 497 g/mol. The van der Waals surface area contributed by atoms with Gasteiger partial charge in [-0.1, -0.05) is 17.7 Å². The number of β-amino-alcohol motifs (C(OH)–C–C–N with tert-alkyl or cyclic N) is 1. The van der Waals surface area contributed by atoms with Crippen molar-refractivity contribution in [2.24, 2.45) is 0 Å². The predicted octanol–water partition coefficient (Wildman–Crippen LogP) is 2.54. The Kier molecular flexibility index (Phi) is 6.47. The summed E-state index contributed by atoms with van der Waals surface area (Å²) in [6.07, 6.45) is -2.95. The molecule has 2 aliphatic heterocycles. The van der Waals surface area contributed by atoms with Crippen LogP contribution in [0.4, 0.5) is 29.5 Å². The predicted molar refractivity (Wildman–Crippen MR) is 116 cm³/mol. The number of halogens is 4. The van der Waals surface area contributed by atoms with Crippen LogP contribution in [-0.2, 0) is 11.0 Å². The molecule has 0 aliphatic carbocycles. The largest absolute Gasteiger partial charge is 0.417 e. The third-order valence-corrected chi connectivity index (χ3v) is 5.81. The Hall–Kier alpha value is -3.22. The number of anilines is 2. The lowest BCUT2D eigenvalue weighted by molar-refractivity contribution is -0.137. The Morgan fingerprint density at radius 2 is 1.97 bits per heavy atom. The first-order chi connectivity index (χ1) is 16.0. The molecule has 4 heterocycles. The lowest BCUT2D eigenvalue weighted by Crippen LogP contribution is -2.38. The summed E-state index contributed by atoms with van der Waals surface area (Å²) in [5.41, 5.74) is 0.687. The van der Waals surface area contributed by atoms with Crippen molar-refractivity contribution >= 4 is 40.6 Å². The van der Waals surface area contributed by atoms with Crippen LogP contribution in [0, 0.1) is 0 Å². The van der Waals surface area contributed by atoms with Crippen LogP contribution in [-0.4, -0.2) is 68.9 Å². The maximum Gasteiger partial charge on any atom is 0.417 e. The lowest BCUT2D eigenvalue weighted by atomic mass is 10.0. The summed E-state index contributed by atoms with van der Waals surface area (Å²) < 4.78 is 37.9.